The van der Waals surface area contributed by atoms with Gasteiger partial charge < -0.3 is 9.80 Å². The van der Waals surface area contributed by atoms with Gasteiger partial charge in [0, 0.05) is 26.2 Å². The molecule has 2 aliphatic rings. The molecule has 1 N–H and O–H groups in total. The van der Waals surface area contributed by atoms with Crippen LogP contribution < -0.4 is 15.2 Å². The maximum atomic E-state index is 8.89. The Morgan fingerprint density at radius 3 is 1.90 bits per heavy atom. The Morgan fingerprint density at radius 2 is 1.38 bits per heavy atom. The van der Waals surface area contributed by atoms with Crippen molar-refractivity contribution < 1.29 is 0 Å². The van der Waals surface area contributed by atoms with Crippen molar-refractivity contribution in [1.29, 1.82) is 5.26 Å². The number of hydrazone groups is 1. The lowest BCUT2D eigenvalue weighted by atomic mass is 10.1. The summed E-state index contributed by atoms with van der Waals surface area (Å²) >= 11 is 0. The normalized spacial score (nSPS) is 17.3. The maximum absolute atomic E-state index is 8.89. The minimum Gasteiger partial charge on any atom is -0.341 e. The van der Waals surface area contributed by atoms with Crippen molar-refractivity contribution in [3.63, 3.8) is 0 Å². The predicted octanol–water partition coefficient (Wildman–Crippen LogP) is 3.17. The van der Waals surface area contributed by atoms with E-state index in [2.05, 4.69) is 36.4 Å². The van der Waals surface area contributed by atoms with Crippen LogP contribution in [0.2, 0.25) is 0 Å². The Hall–Kier alpha value is -3.21. The third-order valence-corrected chi connectivity index (χ3v) is 5.31. The molecule has 3 heterocycles. The Labute approximate surface area is 171 Å². The summed E-state index contributed by atoms with van der Waals surface area (Å²) in [7, 11) is 0. The van der Waals surface area contributed by atoms with Gasteiger partial charge in [-0.3, -0.25) is 0 Å². The van der Waals surface area contributed by atoms with E-state index in [1.807, 2.05) is 12.1 Å². The van der Waals surface area contributed by atoms with Gasteiger partial charge in [-0.2, -0.15) is 25.3 Å². The molecule has 0 bridgehead atoms. The zero-order valence-electron chi connectivity index (χ0n) is 16.6. The fraction of sp³-hybridized carbons (Fsp3) is 0.476. The second-order valence-electron chi connectivity index (χ2n) is 7.46. The average molecular weight is 390 g/mol. The highest BCUT2D eigenvalue weighted by atomic mass is 15.4. The molecular weight excluding hydrogens is 364 g/mol. The van der Waals surface area contributed by atoms with Gasteiger partial charge in [0.25, 0.3) is 0 Å². The smallest absolute Gasteiger partial charge is 0.250 e. The van der Waals surface area contributed by atoms with Crippen LogP contribution in [0, 0.1) is 11.3 Å². The Kier molecular flexibility index (Phi) is 6.15. The number of nitrogens with zero attached hydrogens (tertiary/aromatic N) is 7. The quantitative estimate of drug-likeness (QED) is 0.619. The highest BCUT2D eigenvalue weighted by Gasteiger charge is 2.20. The van der Waals surface area contributed by atoms with Gasteiger partial charge in [-0.15, -0.1) is 0 Å². The van der Waals surface area contributed by atoms with Gasteiger partial charge in [0.05, 0.1) is 17.8 Å². The van der Waals surface area contributed by atoms with Crippen LogP contribution in [0.3, 0.4) is 0 Å². The van der Waals surface area contributed by atoms with E-state index in [4.69, 9.17) is 10.2 Å². The van der Waals surface area contributed by atoms with E-state index in [1.165, 1.54) is 38.5 Å². The Balaban J connectivity index is 1.53. The molecule has 0 radical (unpaired) electrons. The van der Waals surface area contributed by atoms with E-state index >= 15 is 0 Å². The largest absolute Gasteiger partial charge is 0.341 e. The number of aromatic nitrogens is 3. The molecule has 0 saturated carbocycles. The molecule has 0 unspecified atom stereocenters. The molecule has 0 amide bonds. The summed E-state index contributed by atoms with van der Waals surface area (Å²) in [6, 6.07) is 9.37. The van der Waals surface area contributed by atoms with E-state index in [0.29, 0.717) is 11.5 Å². The summed E-state index contributed by atoms with van der Waals surface area (Å²) in [5.41, 5.74) is 4.50. The lowest BCUT2D eigenvalue weighted by Crippen LogP contribution is -2.34. The molecular formula is C21H26N8. The molecule has 29 heavy (non-hydrogen) atoms. The fourth-order valence-electron chi connectivity index (χ4n) is 3.68. The second kappa shape index (κ2) is 9.32. The standard InChI is InChI=1S/C21H26N8/c22-15-17-7-9-18(10-8-17)16-23-27-19-24-20(28-11-3-1-4-12-28)26-21(25-19)29-13-5-2-6-14-29/h7-10,16H,1-6,11-14H2,(H,24,25,26,27)/b23-16-. The zero-order valence-corrected chi connectivity index (χ0v) is 16.6. The summed E-state index contributed by atoms with van der Waals surface area (Å²) in [6.07, 6.45) is 8.91. The van der Waals surface area contributed by atoms with E-state index in [9.17, 15) is 0 Å². The van der Waals surface area contributed by atoms with Gasteiger partial charge >= 0.3 is 0 Å². The first-order chi connectivity index (χ1) is 14.3. The molecule has 1 aromatic heterocycles. The van der Waals surface area contributed by atoms with Crippen LogP contribution >= 0.6 is 0 Å². The third-order valence-electron chi connectivity index (χ3n) is 5.31. The number of benzene rings is 1. The van der Waals surface area contributed by atoms with Gasteiger partial charge in [0.1, 0.15) is 0 Å². The van der Waals surface area contributed by atoms with Crippen molar-refractivity contribution >= 4 is 24.1 Å². The molecule has 8 heteroatoms. The van der Waals surface area contributed by atoms with E-state index in [0.717, 1.165) is 43.6 Å². The van der Waals surface area contributed by atoms with Crippen molar-refractivity contribution in [2.45, 2.75) is 38.5 Å². The molecule has 1 aromatic carbocycles. The van der Waals surface area contributed by atoms with Crippen LogP contribution in [0.15, 0.2) is 29.4 Å². The number of nitriles is 1. The maximum Gasteiger partial charge on any atom is 0.250 e. The number of rotatable bonds is 5. The SMILES string of the molecule is N#Cc1ccc(/C=N\Nc2nc(N3CCCCC3)nc(N3CCCCC3)n2)cc1. The Bertz CT molecular complexity index is 838. The highest BCUT2D eigenvalue weighted by Crippen LogP contribution is 2.22. The van der Waals surface area contributed by atoms with Crippen LogP contribution in [0.4, 0.5) is 17.8 Å². The minimum atomic E-state index is 0.464. The summed E-state index contributed by atoms with van der Waals surface area (Å²) in [5, 5.41) is 13.2. The molecule has 2 aromatic rings. The first kappa shape index (κ1) is 19.1. The number of hydrogen-bond acceptors (Lipinski definition) is 8. The van der Waals surface area contributed by atoms with Crippen LogP contribution in [0.5, 0.6) is 0 Å². The summed E-state index contributed by atoms with van der Waals surface area (Å²) in [4.78, 5) is 18.5. The lowest BCUT2D eigenvalue weighted by molar-refractivity contribution is 0.556. The topological polar surface area (TPSA) is 93.3 Å². The summed E-state index contributed by atoms with van der Waals surface area (Å²) in [5.74, 6) is 1.93. The summed E-state index contributed by atoms with van der Waals surface area (Å²) < 4.78 is 0. The molecule has 0 spiro atoms. The summed E-state index contributed by atoms with van der Waals surface area (Å²) in [6.45, 7) is 3.93. The van der Waals surface area contributed by atoms with Crippen molar-refractivity contribution in [3.05, 3.63) is 35.4 Å². The predicted molar refractivity (Wildman–Crippen MR) is 114 cm³/mol. The minimum absolute atomic E-state index is 0.464. The lowest BCUT2D eigenvalue weighted by Gasteiger charge is -2.30. The van der Waals surface area contributed by atoms with Crippen molar-refractivity contribution in [3.8, 4) is 6.07 Å². The zero-order chi connectivity index (χ0) is 19.9. The molecule has 0 atom stereocenters. The fourth-order valence-corrected chi connectivity index (χ4v) is 3.68. The third kappa shape index (κ3) is 4.99. The van der Waals surface area contributed by atoms with Crippen molar-refractivity contribution in [2.24, 2.45) is 5.10 Å². The van der Waals surface area contributed by atoms with Crippen LogP contribution in [-0.2, 0) is 0 Å². The Morgan fingerprint density at radius 1 is 0.828 bits per heavy atom. The molecule has 8 nitrogen and oxygen atoms in total. The number of anilines is 3. The van der Waals surface area contributed by atoms with E-state index in [1.54, 1.807) is 18.3 Å². The molecule has 4 rings (SSSR count). The average Bonchev–Trinajstić information content (AvgIpc) is 2.80. The number of nitrogens with one attached hydrogen (secondary N) is 1. The second-order valence-corrected chi connectivity index (χ2v) is 7.46. The molecule has 150 valence electrons. The monoisotopic (exact) mass is 390 g/mol. The van der Waals surface area contributed by atoms with Crippen molar-refractivity contribution in [2.75, 3.05) is 41.4 Å². The van der Waals surface area contributed by atoms with E-state index < -0.39 is 0 Å². The molecule has 2 aliphatic heterocycles. The van der Waals surface area contributed by atoms with Gasteiger partial charge in [-0.1, -0.05) is 12.1 Å². The van der Waals surface area contributed by atoms with Crippen LogP contribution in [0.1, 0.15) is 49.7 Å². The van der Waals surface area contributed by atoms with Gasteiger partial charge in [0.2, 0.25) is 17.8 Å². The first-order valence-corrected chi connectivity index (χ1v) is 10.4. The van der Waals surface area contributed by atoms with E-state index in [-0.39, 0.29) is 0 Å². The van der Waals surface area contributed by atoms with Gasteiger partial charge in [-0.05, 0) is 56.2 Å². The molecule has 2 fully saturated rings. The first-order valence-electron chi connectivity index (χ1n) is 10.4. The molecule has 2 saturated heterocycles. The highest BCUT2D eigenvalue weighted by molar-refractivity contribution is 5.80. The van der Waals surface area contributed by atoms with Crippen molar-refractivity contribution in [1.82, 2.24) is 15.0 Å². The van der Waals surface area contributed by atoms with Crippen LogP contribution in [-0.4, -0.2) is 47.3 Å². The number of piperidine rings is 2. The molecule has 0 aliphatic carbocycles. The van der Waals surface area contributed by atoms with Gasteiger partial charge in [0.15, 0.2) is 0 Å². The van der Waals surface area contributed by atoms with Gasteiger partial charge in [-0.25, -0.2) is 5.43 Å². The van der Waals surface area contributed by atoms with Crippen LogP contribution in [0.25, 0.3) is 0 Å². The number of hydrogen-bond donors (Lipinski definition) is 1.